The van der Waals surface area contributed by atoms with E-state index >= 15 is 0 Å². The summed E-state index contributed by atoms with van der Waals surface area (Å²) in [6.45, 7) is 6.09. The molecule has 1 fully saturated rings. The Bertz CT molecular complexity index is 752. The van der Waals surface area contributed by atoms with Crippen LogP contribution in [0.2, 0.25) is 0 Å². The first-order valence-corrected chi connectivity index (χ1v) is 8.98. The van der Waals surface area contributed by atoms with Crippen LogP contribution >= 0.6 is 0 Å². The van der Waals surface area contributed by atoms with Gasteiger partial charge in [-0.1, -0.05) is 11.6 Å². The molecule has 0 aliphatic carbocycles. The zero-order valence-corrected chi connectivity index (χ0v) is 15.0. The molecular weight excluding hydrogens is 316 g/mol. The number of likely N-dealkylation sites (tertiary alicyclic amines) is 1. The summed E-state index contributed by atoms with van der Waals surface area (Å²) in [7, 11) is 0. The van der Waals surface area contributed by atoms with Gasteiger partial charge < -0.3 is 14.7 Å². The summed E-state index contributed by atoms with van der Waals surface area (Å²) in [5.41, 5.74) is 3.56. The van der Waals surface area contributed by atoms with Crippen molar-refractivity contribution in [2.75, 3.05) is 26.3 Å². The lowest BCUT2D eigenvalue weighted by atomic mass is 10.0. The zero-order chi connectivity index (χ0) is 17.8. The van der Waals surface area contributed by atoms with Crippen LogP contribution in [0.25, 0.3) is 10.9 Å². The first kappa shape index (κ1) is 17.8. The molecule has 0 atom stereocenters. The monoisotopic (exact) mass is 342 g/mol. The van der Waals surface area contributed by atoms with Gasteiger partial charge in [0.15, 0.2) is 0 Å². The number of nitrogens with zero attached hydrogens (tertiary/aromatic N) is 2. The number of carbonyl (C=O) groups excluding carboxylic acids is 1. The number of aryl methyl sites for hydroxylation is 2. The Morgan fingerprint density at radius 1 is 1.28 bits per heavy atom. The smallest absolute Gasteiger partial charge is 0.255 e. The number of pyridine rings is 1. The molecule has 5 heteroatoms. The zero-order valence-electron chi connectivity index (χ0n) is 15.0. The third-order valence-corrected chi connectivity index (χ3v) is 4.78. The molecule has 1 aliphatic rings. The van der Waals surface area contributed by atoms with Gasteiger partial charge in [-0.25, -0.2) is 0 Å². The Kier molecular flexibility index (Phi) is 5.66. The van der Waals surface area contributed by atoms with E-state index in [1.54, 1.807) is 0 Å². The van der Waals surface area contributed by atoms with E-state index in [1.807, 2.05) is 36.9 Å². The van der Waals surface area contributed by atoms with Crippen molar-refractivity contribution in [2.24, 2.45) is 0 Å². The van der Waals surface area contributed by atoms with Gasteiger partial charge in [0.1, 0.15) is 0 Å². The molecule has 1 saturated heterocycles. The topological polar surface area (TPSA) is 62.7 Å². The average molecular weight is 342 g/mol. The highest BCUT2D eigenvalue weighted by molar-refractivity contribution is 5.98. The van der Waals surface area contributed by atoms with E-state index in [0.717, 1.165) is 35.0 Å². The maximum absolute atomic E-state index is 12.9. The molecule has 0 radical (unpaired) electrons. The minimum atomic E-state index is 0.0576. The van der Waals surface area contributed by atoms with Gasteiger partial charge in [0.2, 0.25) is 0 Å². The summed E-state index contributed by atoms with van der Waals surface area (Å²) >= 11 is 0. The lowest BCUT2D eigenvalue weighted by molar-refractivity contribution is 0.00395. The molecule has 1 N–H and O–H groups in total. The van der Waals surface area contributed by atoms with Crippen molar-refractivity contribution in [1.82, 2.24) is 9.88 Å². The van der Waals surface area contributed by atoms with Crippen molar-refractivity contribution in [2.45, 2.75) is 39.2 Å². The van der Waals surface area contributed by atoms with E-state index in [4.69, 9.17) is 9.84 Å². The minimum Gasteiger partial charge on any atom is -0.396 e. The van der Waals surface area contributed by atoms with Crippen LogP contribution in [-0.4, -0.2) is 53.3 Å². The predicted octanol–water partition coefficient (Wildman–Crippen LogP) is 2.86. The van der Waals surface area contributed by atoms with Gasteiger partial charge in [0.05, 0.1) is 22.9 Å². The van der Waals surface area contributed by atoms with Crippen LogP contribution in [0.4, 0.5) is 0 Å². The number of hydrogen-bond acceptors (Lipinski definition) is 4. The molecule has 0 unspecified atom stereocenters. The number of rotatable bonds is 5. The molecule has 0 saturated carbocycles. The number of piperidine rings is 1. The maximum atomic E-state index is 12.9. The number of aliphatic hydroxyl groups is 1. The van der Waals surface area contributed by atoms with Gasteiger partial charge in [-0.15, -0.1) is 0 Å². The van der Waals surface area contributed by atoms with Crippen molar-refractivity contribution in [3.8, 4) is 0 Å². The summed E-state index contributed by atoms with van der Waals surface area (Å²) in [6.07, 6.45) is 2.54. The summed E-state index contributed by atoms with van der Waals surface area (Å²) < 4.78 is 5.74. The number of ether oxygens (including phenoxy) is 1. The first-order valence-electron chi connectivity index (χ1n) is 8.98. The molecule has 134 valence electrons. The van der Waals surface area contributed by atoms with E-state index in [0.29, 0.717) is 31.7 Å². The predicted molar refractivity (Wildman–Crippen MR) is 97.8 cm³/mol. The molecule has 1 aromatic carbocycles. The van der Waals surface area contributed by atoms with E-state index in [2.05, 4.69) is 11.1 Å². The Labute approximate surface area is 148 Å². The molecule has 0 bridgehead atoms. The molecule has 3 rings (SSSR count). The second-order valence-corrected chi connectivity index (χ2v) is 6.76. The SMILES string of the molecule is Cc1ccc2nc(C)c(C(=O)N3CCC(OCCCO)CC3)cc2c1. The fourth-order valence-corrected chi connectivity index (χ4v) is 3.32. The molecule has 5 nitrogen and oxygen atoms in total. The molecule has 1 aliphatic heterocycles. The number of aromatic nitrogens is 1. The number of benzene rings is 1. The Morgan fingerprint density at radius 3 is 2.76 bits per heavy atom. The van der Waals surface area contributed by atoms with E-state index in [1.165, 1.54) is 0 Å². The van der Waals surface area contributed by atoms with Gasteiger partial charge in [-0.05, 0) is 51.3 Å². The summed E-state index contributed by atoms with van der Waals surface area (Å²) in [5, 5.41) is 9.83. The fourth-order valence-electron chi connectivity index (χ4n) is 3.32. The van der Waals surface area contributed by atoms with Gasteiger partial charge in [-0.2, -0.15) is 0 Å². The fraction of sp³-hybridized carbons (Fsp3) is 0.500. The van der Waals surface area contributed by atoms with Gasteiger partial charge in [0.25, 0.3) is 5.91 Å². The quantitative estimate of drug-likeness (QED) is 0.849. The molecule has 1 aromatic heterocycles. The van der Waals surface area contributed by atoms with E-state index < -0.39 is 0 Å². The Hall–Kier alpha value is -1.98. The van der Waals surface area contributed by atoms with Crippen molar-refractivity contribution in [1.29, 1.82) is 0 Å². The number of fused-ring (bicyclic) bond motifs is 1. The van der Waals surface area contributed by atoms with Crippen LogP contribution in [0.5, 0.6) is 0 Å². The summed E-state index contributed by atoms with van der Waals surface area (Å²) in [4.78, 5) is 19.4. The number of carbonyl (C=O) groups is 1. The van der Waals surface area contributed by atoms with Crippen LogP contribution in [0.1, 0.15) is 40.9 Å². The lowest BCUT2D eigenvalue weighted by Gasteiger charge is -2.32. The first-order chi connectivity index (χ1) is 12.1. The van der Waals surface area contributed by atoms with E-state index in [-0.39, 0.29) is 18.6 Å². The van der Waals surface area contributed by atoms with Crippen LogP contribution in [0, 0.1) is 13.8 Å². The van der Waals surface area contributed by atoms with Crippen LogP contribution in [0.15, 0.2) is 24.3 Å². The van der Waals surface area contributed by atoms with Gasteiger partial charge in [0, 0.05) is 31.7 Å². The third kappa shape index (κ3) is 4.17. The maximum Gasteiger partial charge on any atom is 0.255 e. The second-order valence-electron chi connectivity index (χ2n) is 6.76. The number of hydrogen-bond donors (Lipinski definition) is 1. The highest BCUT2D eigenvalue weighted by Crippen LogP contribution is 2.22. The third-order valence-electron chi connectivity index (χ3n) is 4.78. The number of aliphatic hydroxyl groups excluding tert-OH is 1. The molecular formula is C20H26N2O3. The minimum absolute atomic E-state index is 0.0576. The molecule has 2 heterocycles. The highest BCUT2D eigenvalue weighted by atomic mass is 16.5. The lowest BCUT2D eigenvalue weighted by Crippen LogP contribution is -2.41. The second kappa shape index (κ2) is 7.93. The molecule has 0 spiro atoms. The molecule has 25 heavy (non-hydrogen) atoms. The van der Waals surface area contributed by atoms with Crippen LogP contribution in [0.3, 0.4) is 0 Å². The van der Waals surface area contributed by atoms with Gasteiger partial charge >= 0.3 is 0 Å². The van der Waals surface area contributed by atoms with Crippen molar-refractivity contribution in [3.63, 3.8) is 0 Å². The standard InChI is InChI=1S/C20H26N2O3/c1-14-4-5-19-16(12-14)13-18(15(2)21-19)20(24)22-8-6-17(7-9-22)25-11-3-10-23/h4-5,12-13,17,23H,3,6-11H2,1-2H3. The Balaban J connectivity index is 1.69. The van der Waals surface area contributed by atoms with Crippen LogP contribution < -0.4 is 0 Å². The van der Waals surface area contributed by atoms with Crippen LogP contribution in [-0.2, 0) is 4.74 Å². The summed E-state index contributed by atoms with van der Waals surface area (Å²) in [5.74, 6) is 0.0576. The number of amides is 1. The van der Waals surface area contributed by atoms with E-state index in [9.17, 15) is 4.79 Å². The van der Waals surface area contributed by atoms with Crippen molar-refractivity contribution < 1.29 is 14.6 Å². The molecule has 1 amide bonds. The Morgan fingerprint density at radius 2 is 2.04 bits per heavy atom. The largest absolute Gasteiger partial charge is 0.396 e. The summed E-state index contributed by atoms with van der Waals surface area (Å²) in [6, 6.07) is 8.08. The average Bonchev–Trinajstić information content (AvgIpc) is 2.62. The van der Waals surface area contributed by atoms with Crippen molar-refractivity contribution >= 4 is 16.8 Å². The normalized spacial score (nSPS) is 15.7. The van der Waals surface area contributed by atoms with Crippen molar-refractivity contribution in [3.05, 3.63) is 41.1 Å². The molecule has 2 aromatic rings. The van der Waals surface area contributed by atoms with Gasteiger partial charge in [-0.3, -0.25) is 9.78 Å². The highest BCUT2D eigenvalue weighted by Gasteiger charge is 2.25.